The van der Waals surface area contributed by atoms with Crippen LogP contribution < -0.4 is 11.1 Å². The molecule has 0 saturated carbocycles. The molecule has 3 aromatic carbocycles. The lowest BCUT2D eigenvalue weighted by atomic mass is 10.0. The standard InChI is InChI=1S/C19H16N2O/c20-17-12-6-4-11-16(17)19(22)21-18-13-7-5-10-15(18)14-8-2-1-3-9-14/h1-13H,20H2,(H,21,22). The number of rotatable bonds is 3. The molecule has 0 unspecified atom stereocenters. The Labute approximate surface area is 129 Å². The summed E-state index contributed by atoms with van der Waals surface area (Å²) in [5, 5.41) is 2.95. The van der Waals surface area contributed by atoms with Gasteiger partial charge in [0.15, 0.2) is 0 Å². The van der Waals surface area contributed by atoms with Crippen LogP contribution in [0.15, 0.2) is 78.9 Å². The van der Waals surface area contributed by atoms with Gasteiger partial charge in [0, 0.05) is 16.9 Å². The Bertz CT molecular complexity index is 797. The Morgan fingerprint density at radius 3 is 2.18 bits per heavy atom. The first kappa shape index (κ1) is 13.9. The number of nitrogen functional groups attached to an aromatic ring is 1. The first-order valence-corrected chi connectivity index (χ1v) is 7.06. The van der Waals surface area contributed by atoms with Crippen molar-refractivity contribution in [3.05, 3.63) is 84.4 Å². The number of carbonyl (C=O) groups excluding carboxylic acids is 1. The van der Waals surface area contributed by atoms with Crippen LogP contribution >= 0.6 is 0 Å². The van der Waals surface area contributed by atoms with Crippen LogP contribution in [0.5, 0.6) is 0 Å². The molecule has 0 bridgehead atoms. The molecule has 0 spiro atoms. The Morgan fingerprint density at radius 1 is 0.773 bits per heavy atom. The number of hydrogen-bond donors (Lipinski definition) is 2. The van der Waals surface area contributed by atoms with Crippen molar-refractivity contribution >= 4 is 17.3 Å². The molecular formula is C19H16N2O. The zero-order chi connectivity index (χ0) is 15.4. The molecule has 0 radical (unpaired) electrons. The summed E-state index contributed by atoms with van der Waals surface area (Å²) in [6, 6.07) is 24.7. The molecular weight excluding hydrogens is 272 g/mol. The monoisotopic (exact) mass is 288 g/mol. The van der Waals surface area contributed by atoms with E-state index in [1.165, 1.54) is 0 Å². The van der Waals surface area contributed by atoms with E-state index in [1.54, 1.807) is 18.2 Å². The molecule has 0 aliphatic carbocycles. The second kappa shape index (κ2) is 6.14. The molecule has 1 amide bonds. The van der Waals surface area contributed by atoms with Crippen molar-refractivity contribution in [3.63, 3.8) is 0 Å². The molecule has 0 aliphatic heterocycles. The minimum Gasteiger partial charge on any atom is -0.398 e. The Hall–Kier alpha value is -3.07. The number of anilines is 2. The van der Waals surface area contributed by atoms with Crippen LogP contribution in [0.2, 0.25) is 0 Å². The largest absolute Gasteiger partial charge is 0.398 e. The van der Waals surface area contributed by atoms with Gasteiger partial charge in [-0.2, -0.15) is 0 Å². The highest BCUT2D eigenvalue weighted by molar-refractivity contribution is 6.09. The number of hydrogen-bond acceptors (Lipinski definition) is 2. The van der Waals surface area contributed by atoms with Gasteiger partial charge in [0.2, 0.25) is 0 Å². The number of carbonyl (C=O) groups is 1. The molecule has 0 aliphatic rings. The lowest BCUT2D eigenvalue weighted by molar-refractivity contribution is 0.102. The minimum atomic E-state index is -0.207. The maximum atomic E-state index is 12.4. The Kier molecular flexibility index (Phi) is 3.88. The van der Waals surface area contributed by atoms with Gasteiger partial charge >= 0.3 is 0 Å². The number of nitrogens with one attached hydrogen (secondary N) is 1. The van der Waals surface area contributed by atoms with Crippen molar-refractivity contribution in [3.8, 4) is 11.1 Å². The lowest BCUT2D eigenvalue weighted by Gasteiger charge is -2.12. The second-order valence-electron chi connectivity index (χ2n) is 4.95. The molecule has 3 nitrogen and oxygen atoms in total. The highest BCUT2D eigenvalue weighted by Crippen LogP contribution is 2.28. The number of para-hydroxylation sites is 2. The van der Waals surface area contributed by atoms with E-state index in [0.717, 1.165) is 16.8 Å². The maximum absolute atomic E-state index is 12.4. The third kappa shape index (κ3) is 2.83. The zero-order valence-electron chi connectivity index (χ0n) is 12.0. The van der Waals surface area contributed by atoms with Crippen LogP contribution in [0.4, 0.5) is 11.4 Å². The third-order valence-electron chi connectivity index (χ3n) is 3.47. The molecule has 0 saturated heterocycles. The van der Waals surface area contributed by atoms with Crippen LogP contribution in [0, 0.1) is 0 Å². The van der Waals surface area contributed by atoms with E-state index in [-0.39, 0.29) is 5.91 Å². The Balaban J connectivity index is 1.94. The van der Waals surface area contributed by atoms with Gasteiger partial charge in [0.1, 0.15) is 0 Å². The van der Waals surface area contributed by atoms with Crippen LogP contribution in [0.1, 0.15) is 10.4 Å². The molecule has 0 fully saturated rings. The summed E-state index contributed by atoms with van der Waals surface area (Å²) in [6.45, 7) is 0. The van der Waals surface area contributed by atoms with Gasteiger partial charge in [-0.3, -0.25) is 4.79 Å². The van der Waals surface area contributed by atoms with E-state index >= 15 is 0 Å². The lowest BCUT2D eigenvalue weighted by Crippen LogP contribution is -2.14. The van der Waals surface area contributed by atoms with Crippen molar-refractivity contribution in [1.82, 2.24) is 0 Å². The van der Waals surface area contributed by atoms with Gasteiger partial charge in [-0.15, -0.1) is 0 Å². The summed E-state index contributed by atoms with van der Waals surface area (Å²) in [5.74, 6) is -0.207. The van der Waals surface area contributed by atoms with Crippen molar-refractivity contribution in [2.75, 3.05) is 11.1 Å². The van der Waals surface area contributed by atoms with E-state index in [1.807, 2.05) is 60.7 Å². The summed E-state index contributed by atoms with van der Waals surface area (Å²) in [4.78, 5) is 12.4. The molecule has 3 rings (SSSR count). The molecule has 22 heavy (non-hydrogen) atoms. The molecule has 3 aromatic rings. The number of nitrogens with two attached hydrogens (primary N) is 1. The van der Waals surface area contributed by atoms with E-state index in [9.17, 15) is 4.79 Å². The second-order valence-corrected chi connectivity index (χ2v) is 4.95. The van der Waals surface area contributed by atoms with Crippen molar-refractivity contribution in [2.45, 2.75) is 0 Å². The van der Waals surface area contributed by atoms with E-state index in [2.05, 4.69) is 5.32 Å². The minimum absolute atomic E-state index is 0.207. The van der Waals surface area contributed by atoms with Crippen molar-refractivity contribution in [2.24, 2.45) is 0 Å². The fourth-order valence-corrected chi connectivity index (χ4v) is 2.35. The van der Waals surface area contributed by atoms with Crippen molar-refractivity contribution in [1.29, 1.82) is 0 Å². The summed E-state index contributed by atoms with van der Waals surface area (Å²) >= 11 is 0. The van der Waals surface area contributed by atoms with E-state index in [0.29, 0.717) is 11.3 Å². The topological polar surface area (TPSA) is 55.1 Å². The van der Waals surface area contributed by atoms with Crippen molar-refractivity contribution < 1.29 is 4.79 Å². The van der Waals surface area contributed by atoms with Gasteiger partial charge in [-0.05, 0) is 23.8 Å². The summed E-state index contributed by atoms with van der Waals surface area (Å²) in [7, 11) is 0. The fourth-order valence-electron chi connectivity index (χ4n) is 2.35. The normalized spacial score (nSPS) is 10.2. The smallest absolute Gasteiger partial charge is 0.257 e. The van der Waals surface area contributed by atoms with Gasteiger partial charge in [0.05, 0.1) is 5.56 Å². The number of amides is 1. The summed E-state index contributed by atoms with van der Waals surface area (Å²) in [6.07, 6.45) is 0. The molecule has 0 atom stereocenters. The fraction of sp³-hybridized carbons (Fsp3) is 0. The van der Waals surface area contributed by atoms with Crippen LogP contribution in [0.3, 0.4) is 0 Å². The van der Waals surface area contributed by atoms with Crippen LogP contribution in [-0.2, 0) is 0 Å². The molecule has 0 heterocycles. The highest BCUT2D eigenvalue weighted by atomic mass is 16.1. The predicted molar refractivity (Wildman–Crippen MR) is 90.7 cm³/mol. The maximum Gasteiger partial charge on any atom is 0.257 e. The van der Waals surface area contributed by atoms with Gasteiger partial charge in [-0.25, -0.2) is 0 Å². The molecule has 3 N–H and O–H groups in total. The zero-order valence-corrected chi connectivity index (χ0v) is 12.0. The average molecular weight is 288 g/mol. The first-order chi connectivity index (χ1) is 10.8. The Morgan fingerprint density at radius 2 is 1.41 bits per heavy atom. The molecule has 108 valence electrons. The summed E-state index contributed by atoms with van der Waals surface area (Å²) in [5.41, 5.74) is 9.61. The SMILES string of the molecule is Nc1ccccc1C(=O)Nc1ccccc1-c1ccccc1. The quantitative estimate of drug-likeness (QED) is 0.710. The van der Waals surface area contributed by atoms with Gasteiger partial charge in [-0.1, -0.05) is 60.7 Å². The third-order valence-corrected chi connectivity index (χ3v) is 3.47. The molecule has 0 aromatic heterocycles. The van der Waals surface area contributed by atoms with Gasteiger partial charge < -0.3 is 11.1 Å². The molecule has 3 heteroatoms. The van der Waals surface area contributed by atoms with Crippen LogP contribution in [-0.4, -0.2) is 5.91 Å². The van der Waals surface area contributed by atoms with E-state index in [4.69, 9.17) is 5.73 Å². The average Bonchev–Trinajstić information content (AvgIpc) is 2.56. The predicted octanol–water partition coefficient (Wildman–Crippen LogP) is 4.19. The number of benzene rings is 3. The van der Waals surface area contributed by atoms with Gasteiger partial charge in [0.25, 0.3) is 5.91 Å². The first-order valence-electron chi connectivity index (χ1n) is 7.06. The highest BCUT2D eigenvalue weighted by Gasteiger charge is 2.11. The van der Waals surface area contributed by atoms with E-state index < -0.39 is 0 Å². The summed E-state index contributed by atoms with van der Waals surface area (Å²) < 4.78 is 0. The van der Waals surface area contributed by atoms with Crippen LogP contribution in [0.25, 0.3) is 11.1 Å².